The maximum atomic E-state index is 12.3. The normalized spacial score (nSPS) is 17.7. The Morgan fingerprint density at radius 3 is 2.33 bits per heavy atom. The number of carbonyl (C=O) groups excluding carboxylic acids is 1. The topological polar surface area (TPSA) is 101 Å². The molecule has 0 aliphatic heterocycles. The molecule has 158 valence electrons. The molecule has 1 saturated carbocycles. The fourth-order valence-electron chi connectivity index (χ4n) is 4.87. The number of aryl methyl sites for hydroxylation is 1. The number of fused-ring (bicyclic) bond motifs is 1. The average Bonchev–Trinajstić information content (AvgIpc) is 2.72. The second kappa shape index (κ2) is 8.50. The van der Waals surface area contributed by atoms with Crippen LogP contribution in [-0.2, 0) is 21.9 Å². The van der Waals surface area contributed by atoms with Crippen LogP contribution in [0.5, 0.6) is 0 Å². The van der Waals surface area contributed by atoms with Crippen LogP contribution in [0.4, 0.5) is 0 Å². The van der Waals surface area contributed by atoms with Crippen LogP contribution in [0.15, 0.2) is 48.0 Å². The minimum Gasteiger partial charge on any atom is -0.366 e. The Balaban J connectivity index is 1.76. The molecule has 4 rings (SSSR count). The number of benzene rings is 2. The fraction of sp³-hybridized carbons (Fsp3) is 0.375. The summed E-state index contributed by atoms with van der Waals surface area (Å²) in [6.07, 6.45) is 7.34. The second-order valence-corrected chi connectivity index (χ2v) is 10.1. The van der Waals surface area contributed by atoms with Crippen LogP contribution in [-0.4, -0.2) is 15.7 Å². The lowest BCUT2D eigenvalue weighted by molar-refractivity contribution is -0.114. The fourth-order valence-corrected chi connectivity index (χ4v) is 5.56. The molecule has 2 aromatic carbocycles. The number of rotatable bonds is 5. The molecule has 0 unspecified atom stereocenters. The first-order chi connectivity index (χ1) is 14.3. The lowest BCUT2D eigenvalue weighted by Crippen LogP contribution is -2.20. The molecule has 2 aliphatic carbocycles. The summed E-state index contributed by atoms with van der Waals surface area (Å²) in [5, 5.41) is 0. The first-order valence-electron chi connectivity index (χ1n) is 10.6. The molecule has 0 saturated heterocycles. The van der Waals surface area contributed by atoms with Gasteiger partial charge >= 0.3 is 7.60 Å². The Bertz CT molecular complexity index is 1030. The number of hydrogen-bond donors (Lipinski definition) is 3. The van der Waals surface area contributed by atoms with Crippen LogP contribution in [0.1, 0.15) is 72.3 Å². The van der Waals surface area contributed by atoms with Gasteiger partial charge in [0.15, 0.2) is 0 Å². The smallest absolute Gasteiger partial charge is 0.329 e. The monoisotopic (exact) mass is 425 g/mol. The molecule has 1 amide bonds. The van der Waals surface area contributed by atoms with E-state index in [9.17, 15) is 19.1 Å². The molecule has 2 aliphatic rings. The lowest BCUT2D eigenvalue weighted by Gasteiger charge is -2.27. The van der Waals surface area contributed by atoms with Crippen LogP contribution in [0.25, 0.3) is 5.57 Å². The van der Waals surface area contributed by atoms with Crippen molar-refractivity contribution in [3.63, 3.8) is 0 Å². The molecule has 0 aromatic heterocycles. The predicted octanol–water partition coefficient (Wildman–Crippen LogP) is 4.65. The van der Waals surface area contributed by atoms with Gasteiger partial charge in [0.25, 0.3) is 0 Å². The van der Waals surface area contributed by atoms with Crippen molar-refractivity contribution in [1.82, 2.24) is 0 Å². The van der Waals surface area contributed by atoms with Crippen LogP contribution < -0.4 is 5.73 Å². The van der Waals surface area contributed by atoms with Crippen molar-refractivity contribution in [3.8, 4) is 0 Å². The Morgan fingerprint density at radius 2 is 1.70 bits per heavy atom. The SMILES string of the molecule is NC(=O)C1=C(c2ccc(CP(=O)(O)O)cc2)c2cc(C3CCCCC3)ccc2CC1. The summed E-state index contributed by atoms with van der Waals surface area (Å²) in [6.45, 7) is 0. The van der Waals surface area contributed by atoms with Crippen LogP contribution in [0.2, 0.25) is 0 Å². The Hall–Kier alpha value is -2.20. The summed E-state index contributed by atoms with van der Waals surface area (Å²) in [5.41, 5.74) is 12.3. The highest BCUT2D eigenvalue weighted by molar-refractivity contribution is 7.50. The van der Waals surface area contributed by atoms with Gasteiger partial charge in [0.2, 0.25) is 5.91 Å². The second-order valence-electron chi connectivity index (χ2n) is 8.49. The molecule has 0 atom stereocenters. The number of amides is 1. The van der Waals surface area contributed by atoms with Gasteiger partial charge in [-0.1, -0.05) is 61.7 Å². The molecule has 2 aromatic rings. The van der Waals surface area contributed by atoms with E-state index >= 15 is 0 Å². The van der Waals surface area contributed by atoms with E-state index in [-0.39, 0.29) is 6.16 Å². The van der Waals surface area contributed by atoms with Gasteiger partial charge in [0.1, 0.15) is 0 Å². The Labute approximate surface area is 177 Å². The van der Waals surface area contributed by atoms with Gasteiger partial charge in [0.05, 0.1) is 6.16 Å². The summed E-state index contributed by atoms with van der Waals surface area (Å²) in [4.78, 5) is 30.7. The zero-order valence-electron chi connectivity index (χ0n) is 17.0. The molecule has 1 fully saturated rings. The molecule has 0 heterocycles. The summed E-state index contributed by atoms with van der Waals surface area (Å²) in [5.74, 6) is 0.160. The van der Waals surface area contributed by atoms with Crippen molar-refractivity contribution in [3.05, 3.63) is 75.9 Å². The quantitative estimate of drug-likeness (QED) is 0.607. The van der Waals surface area contributed by atoms with Crippen molar-refractivity contribution < 1.29 is 19.1 Å². The lowest BCUT2D eigenvalue weighted by atomic mass is 9.78. The molecular weight excluding hydrogens is 397 g/mol. The van der Waals surface area contributed by atoms with Crippen molar-refractivity contribution in [2.45, 2.75) is 57.0 Å². The van der Waals surface area contributed by atoms with E-state index in [4.69, 9.17) is 5.73 Å². The summed E-state index contributed by atoms with van der Waals surface area (Å²) in [7, 11) is -4.12. The van der Waals surface area contributed by atoms with Crippen molar-refractivity contribution in [2.75, 3.05) is 0 Å². The first-order valence-corrected chi connectivity index (χ1v) is 12.4. The van der Waals surface area contributed by atoms with E-state index in [2.05, 4.69) is 18.2 Å². The van der Waals surface area contributed by atoms with E-state index in [1.54, 1.807) is 12.1 Å². The number of hydrogen-bond acceptors (Lipinski definition) is 2. The van der Waals surface area contributed by atoms with Gasteiger partial charge in [-0.05, 0) is 65.0 Å². The highest BCUT2D eigenvalue weighted by Gasteiger charge is 2.25. The molecule has 0 spiro atoms. The van der Waals surface area contributed by atoms with Gasteiger partial charge in [0, 0.05) is 5.57 Å². The number of nitrogens with two attached hydrogens (primary N) is 1. The van der Waals surface area contributed by atoms with Crippen molar-refractivity contribution >= 4 is 19.1 Å². The molecule has 4 N–H and O–H groups in total. The largest absolute Gasteiger partial charge is 0.366 e. The molecule has 6 heteroatoms. The van der Waals surface area contributed by atoms with Gasteiger partial charge in [-0.3, -0.25) is 9.36 Å². The summed E-state index contributed by atoms with van der Waals surface area (Å²) in [6, 6.07) is 13.8. The van der Waals surface area contributed by atoms with E-state index in [0.29, 0.717) is 23.5 Å². The summed E-state index contributed by atoms with van der Waals surface area (Å²) >= 11 is 0. The third-order valence-corrected chi connectivity index (χ3v) is 7.13. The average molecular weight is 425 g/mol. The molecule has 30 heavy (non-hydrogen) atoms. The maximum Gasteiger partial charge on any atom is 0.329 e. The predicted molar refractivity (Wildman–Crippen MR) is 118 cm³/mol. The maximum absolute atomic E-state index is 12.3. The molecule has 0 bridgehead atoms. The highest BCUT2D eigenvalue weighted by Crippen LogP contribution is 2.42. The van der Waals surface area contributed by atoms with E-state index < -0.39 is 13.5 Å². The molecule has 0 radical (unpaired) electrons. The van der Waals surface area contributed by atoms with Gasteiger partial charge in [-0.2, -0.15) is 0 Å². The van der Waals surface area contributed by atoms with E-state index in [1.807, 2.05) is 12.1 Å². The zero-order valence-corrected chi connectivity index (χ0v) is 17.9. The minimum absolute atomic E-state index is 0.294. The Morgan fingerprint density at radius 1 is 1.00 bits per heavy atom. The van der Waals surface area contributed by atoms with Gasteiger partial charge in [-0.15, -0.1) is 0 Å². The highest BCUT2D eigenvalue weighted by atomic mass is 31.2. The van der Waals surface area contributed by atoms with Crippen LogP contribution in [0.3, 0.4) is 0 Å². The molecular formula is C24H28NO4P. The van der Waals surface area contributed by atoms with Crippen LogP contribution >= 0.6 is 7.60 Å². The van der Waals surface area contributed by atoms with Crippen molar-refractivity contribution in [1.29, 1.82) is 0 Å². The number of carbonyl (C=O) groups is 1. The zero-order chi connectivity index (χ0) is 21.3. The summed E-state index contributed by atoms with van der Waals surface area (Å²) < 4.78 is 11.3. The third kappa shape index (κ3) is 4.59. The minimum atomic E-state index is -4.12. The van der Waals surface area contributed by atoms with Gasteiger partial charge < -0.3 is 15.5 Å². The van der Waals surface area contributed by atoms with Crippen LogP contribution in [0, 0.1) is 0 Å². The van der Waals surface area contributed by atoms with E-state index in [0.717, 1.165) is 23.1 Å². The number of primary amides is 1. The standard InChI is InChI=1S/C24H28NO4P/c25-24(26)21-13-12-18-10-11-20(17-4-2-1-3-5-17)14-22(18)23(21)19-8-6-16(7-9-19)15-30(27,28)29/h6-11,14,17H,1-5,12-13,15H2,(H2,25,26)(H2,27,28,29). The van der Waals surface area contributed by atoms with Crippen molar-refractivity contribution in [2.24, 2.45) is 5.73 Å². The first kappa shape index (κ1) is 21.0. The van der Waals surface area contributed by atoms with E-state index in [1.165, 1.54) is 43.2 Å². The molecule has 5 nitrogen and oxygen atoms in total. The Kier molecular flexibility index (Phi) is 5.97. The third-order valence-electron chi connectivity index (χ3n) is 6.35. The van der Waals surface area contributed by atoms with Gasteiger partial charge in [-0.25, -0.2) is 0 Å².